The molecule has 18 heavy (non-hydrogen) atoms. The molecule has 0 unspecified atom stereocenters. The van der Waals surface area contributed by atoms with Gasteiger partial charge in [0.15, 0.2) is 0 Å². The van der Waals surface area contributed by atoms with E-state index < -0.39 is 0 Å². The third-order valence-electron chi connectivity index (χ3n) is 2.32. The zero-order valence-electron chi connectivity index (χ0n) is 9.49. The number of anilines is 1. The Balaban J connectivity index is 2.03. The largest absolute Gasteiger partial charge is 0.383 e. The van der Waals surface area contributed by atoms with Crippen LogP contribution in [-0.4, -0.2) is 19.9 Å². The summed E-state index contributed by atoms with van der Waals surface area (Å²) >= 11 is 3.08. The van der Waals surface area contributed by atoms with E-state index in [1.165, 1.54) is 11.3 Å². The zero-order chi connectivity index (χ0) is 12.5. The van der Waals surface area contributed by atoms with Crippen molar-refractivity contribution in [1.29, 1.82) is 0 Å². The normalized spacial score (nSPS) is 10.7. The van der Waals surface area contributed by atoms with Crippen LogP contribution in [0.2, 0.25) is 0 Å². The Bertz CT molecular complexity index is 675. The van der Waals surface area contributed by atoms with Crippen molar-refractivity contribution in [2.45, 2.75) is 6.92 Å². The van der Waals surface area contributed by atoms with Gasteiger partial charge in [0.1, 0.15) is 27.4 Å². The molecule has 3 aromatic rings. The minimum Gasteiger partial charge on any atom is -0.383 e. The van der Waals surface area contributed by atoms with Gasteiger partial charge in [0, 0.05) is 23.2 Å². The van der Waals surface area contributed by atoms with Crippen LogP contribution >= 0.6 is 22.7 Å². The molecule has 3 heterocycles. The molecule has 0 fully saturated rings. The molecule has 3 aromatic heterocycles. The first-order valence-electron chi connectivity index (χ1n) is 5.19. The third-order valence-corrected chi connectivity index (χ3v) is 4.00. The molecule has 0 saturated heterocycles. The second-order valence-corrected chi connectivity index (χ2v) is 5.34. The lowest BCUT2D eigenvalue weighted by Crippen LogP contribution is -1.98. The zero-order valence-corrected chi connectivity index (χ0v) is 11.1. The maximum absolute atomic E-state index is 5.88. The van der Waals surface area contributed by atoms with Crippen LogP contribution in [-0.2, 0) is 0 Å². The van der Waals surface area contributed by atoms with Crippen molar-refractivity contribution in [2.75, 3.05) is 5.73 Å². The third kappa shape index (κ3) is 1.98. The van der Waals surface area contributed by atoms with Gasteiger partial charge < -0.3 is 5.73 Å². The molecule has 0 aliphatic rings. The average Bonchev–Trinajstić information content (AvgIpc) is 2.99. The minimum absolute atomic E-state index is 0.461. The smallest absolute Gasteiger partial charge is 0.142 e. The molecule has 0 atom stereocenters. The first kappa shape index (κ1) is 11.2. The fraction of sp³-hybridized carbons (Fsp3) is 0.0909. The van der Waals surface area contributed by atoms with E-state index >= 15 is 0 Å². The number of nitrogen functional groups attached to an aromatic ring is 1. The van der Waals surface area contributed by atoms with E-state index in [2.05, 4.69) is 19.9 Å². The van der Waals surface area contributed by atoms with Crippen molar-refractivity contribution in [3.8, 4) is 21.3 Å². The molecule has 0 aliphatic carbocycles. The molecule has 0 radical (unpaired) electrons. The molecule has 3 rings (SSSR count). The highest BCUT2D eigenvalue weighted by molar-refractivity contribution is 7.15. The lowest BCUT2D eigenvalue weighted by atomic mass is 10.3. The van der Waals surface area contributed by atoms with Crippen LogP contribution in [0.4, 0.5) is 5.82 Å². The lowest BCUT2D eigenvalue weighted by molar-refractivity contribution is 1.06. The van der Waals surface area contributed by atoms with Crippen molar-refractivity contribution in [1.82, 2.24) is 19.9 Å². The molecular formula is C11H9N5S2. The molecule has 90 valence electrons. The summed E-state index contributed by atoms with van der Waals surface area (Å²) in [5.41, 5.74) is 7.52. The Labute approximate surface area is 111 Å². The van der Waals surface area contributed by atoms with E-state index in [9.17, 15) is 0 Å². The second kappa shape index (κ2) is 4.43. The SMILES string of the molecule is Cc1ncc(-c2nc(-c3nccs3)cs2)c(N)n1. The molecule has 0 aliphatic heterocycles. The number of nitrogens with zero attached hydrogens (tertiary/aromatic N) is 4. The molecule has 5 nitrogen and oxygen atoms in total. The summed E-state index contributed by atoms with van der Waals surface area (Å²) < 4.78 is 0. The van der Waals surface area contributed by atoms with Gasteiger partial charge in [-0.1, -0.05) is 0 Å². The van der Waals surface area contributed by atoms with Crippen molar-refractivity contribution < 1.29 is 0 Å². The van der Waals surface area contributed by atoms with Gasteiger partial charge in [-0.05, 0) is 6.92 Å². The summed E-state index contributed by atoms with van der Waals surface area (Å²) in [4.78, 5) is 17.0. The van der Waals surface area contributed by atoms with Gasteiger partial charge in [-0.2, -0.15) is 0 Å². The highest BCUT2D eigenvalue weighted by atomic mass is 32.1. The summed E-state index contributed by atoms with van der Waals surface area (Å²) in [5.74, 6) is 1.12. The monoisotopic (exact) mass is 275 g/mol. The van der Waals surface area contributed by atoms with E-state index in [1.807, 2.05) is 17.7 Å². The van der Waals surface area contributed by atoms with Gasteiger partial charge in [-0.15, -0.1) is 22.7 Å². The Kier molecular flexibility index (Phi) is 2.77. The van der Waals surface area contributed by atoms with Crippen LogP contribution in [0.25, 0.3) is 21.3 Å². The maximum Gasteiger partial charge on any atom is 0.142 e. The topological polar surface area (TPSA) is 77.6 Å². The summed E-state index contributed by atoms with van der Waals surface area (Å²) in [7, 11) is 0. The number of rotatable bonds is 2. The Morgan fingerprint density at radius 2 is 2.00 bits per heavy atom. The highest BCUT2D eigenvalue weighted by Crippen LogP contribution is 2.31. The van der Waals surface area contributed by atoms with Crippen molar-refractivity contribution in [2.24, 2.45) is 0 Å². The Hall–Kier alpha value is -1.86. The second-order valence-electron chi connectivity index (χ2n) is 3.59. The predicted octanol–water partition coefficient (Wildman–Crippen LogP) is 2.61. The Morgan fingerprint density at radius 3 is 2.72 bits per heavy atom. The maximum atomic E-state index is 5.88. The van der Waals surface area contributed by atoms with E-state index in [4.69, 9.17) is 5.73 Å². The van der Waals surface area contributed by atoms with Gasteiger partial charge in [0.05, 0.1) is 5.56 Å². The first-order chi connectivity index (χ1) is 8.74. The molecule has 0 amide bonds. The lowest BCUT2D eigenvalue weighted by Gasteiger charge is -2.00. The van der Waals surface area contributed by atoms with E-state index in [1.54, 1.807) is 23.7 Å². The van der Waals surface area contributed by atoms with Gasteiger partial charge in [0.2, 0.25) is 0 Å². The highest BCUT2D eigenvalue weighted by Gasteiger charge is 2.12. The van der Waals surface area contributed by atoms with Crippen LogP contribution in [0.3, 0.4) is 0 Å². The fourth-order valence-electron chi connectivity index (χ4n) is 1.50. The molecule has 0 bridgehead atoms. The van der Waals surface area contributed by atoms with Crippen molar-refractivity contribution >= 4 is 28.5 Å². The van der Waals surface area contributed by atoms with Crippen molar-refractivity contribution in [3.05, 3.63) is 29.0 Å². The van der Waals surface area contributed by atoms with Crippen LogP contribution < -0.4 is 5.73 Å². The molecule has 0 aromatic carbocycles. The number of hydrogen-bond donors (Lipinski definition) is 1. The fourth-order valence-corrected chi connectivity index (χ4v) is 2.99. The summed E-state index contributed by atoms with van der Waals surface area (Å²) in [6.07, 6.45) is 3.48. The first-order valence-corrected chi connectivity index (χ1v) is 6.95. The Morgan fingerprint density at radius 1 is 1.11 bits per heavy atom. The van der Waals surface area contributed by atoms with Crippen LogP contribution in [0.1, 0.15) is 5.82 Å². The van der Waals surface area contributed by atoms with E-state index in [0.29, 0.717) is 11.6 Å². The van der Waals surface area contributed by atoms with E-state index in [0.717, 1.165) is 21.3 Å². The molecule has 7 heteroatoms. The quantitative estimate of drug-likeness (QED) is 0.777. The molecule has 0 spiro atoms. The van der Waals surface area contributed by atoms with Crippen LogP contribution in [0.5, 0.6) is 0 Å². The number of hydrogen-bond acceptors (Lipinski definition) is 7. The summed E-state index contributed by atoms with van der Waals surface area (Å²) in [6.45, 7) is 1.81. The molecule has 2 N–H and O–H groups in total. The predicted molar refractivity (Wildman–Crippen MR) is 73.4 cm³/mol. The standard InChI is InChI=1S/C11H9N5S2/c1-6-14-4-7(9(12)15-6)10-16-8(5-18-10)11-13-2-3-17-11/h2-5H,1H3,(H2,12,14,15). The molecule has 0 saturated carbocycles. The number of aryl methyl sites for hydroxylation is 1. The average molecular weight is 275 g/mol. The molecular weight excluding hydrogens is 266 g/mol. The van der Waals surface area contributed by atoms with Gasteiger partial charge in [-0.25, -0.2) is 19.9 Å². The van der Waals surface area contributed by atoms with Gasteiger partial charge in [0.25, 0.3) is 0 Å². The summed E-state index contributed by atoms with van der Waals surface area (Å²) in [6, 6.07) is 0. The summed E-state index contributed by atoms with van der Waals surface area (Å²) in [5, 5.41) is 5.62. The van der Waals surface area contributed by atoms with Crippen molar-refractivity contribution in [3.63, 3.8) is 0 Å². The van der Waals surface area contributed by atoms with Crippen LogP contribution in [0.15, 0.2) is 23.2 Å². The minimum atomic E-state index is 0.461. The number of thiazole rings is 2. The van der Waals surface area contributed by atoms with Gasteiger partial charge in [-0.3, -0.25) is 0 Å². The van der Waals surface area contributed by atoms with Crippen LogP contribution in [0, 0.1) is 6.92 Å². The van der Waals surface area contributed by atoms with Gasteiger partial charge >= 0.3 is 0 Å². The number of aromatic nitrogens is 4. The van der Waals surface area contributed by atoms with E-state index in [-0.39, 0.29) is 0 Å². The number of nitrogens with two attached hydrogens (primary N) is 1.